The number of nitrogens with one attached hydrogen (secondary N) is 1. The minimum atomic E-state index is 0.739. The molecule has 0 aliphatic carbocycles. The molecule has 0 amide bonds. The summed E-state index contributed by atoms with van der Waals surface area (Å²) in [5, 5.41) is 4.77. The average Bonchev–Trinajstić information content (AvgIpc) is 2.17. The molecule has 0 fully saturated rings. The summed E-state index contributed by atoms with van der Waals surface area (Å²) < 4.78 is 4.03. The lowest BCUT2D eigenvalue weighted by atomic mass is 10.3. The molecule has 0 bridgehead atoms. The van der Waals surface area contributed by atoms with Gasteiger partial charge in [-0.2, -0.15) is 3.21 Å². The van der Waals surface area contributed by atoms with Crippen molar-refractivity contribution < 1.29 is 0 Å². The van der Waals surface area contributed by atoms with Crippen molar-refractivity contribution in [3.63, 3.8) is 0 Å². The number of hydrogen-bond acceptors (Lipinski definition) is 2. The summed E-state index contributed by atoms with van der Waals surface area (Å²) in [6.07, 6.45) is 1.97. The molecule has 0 aliphatic heterocycles. The molecule has 1 rings (SSSR count). The van der Waals surface area contributed by atoms with Crippen molar-refractivity contribution in [1.29, 1.82) is 0 Å². The molecule has 1 aromatic rings. The first-order valence-electron chi connectivity index (χ1n) is 3.52. The predicted molar refractivity (Wildman–Crippen MR) is 70.0 cm³/mol. The lowest BCUT2D eigenvalue weighted by molar-refractivity contribution is 1.65. The number of halogens is 2. The SMILES string of the molecule is CS/C(=N\I)Nc1ccc(Cl)cc1. The molecule has 0 unspecified atom stereocenters. The summed E-state index contributed by atoms with van der Waals surface area (Å²) in [5.41, 5.74) is 0.995. The minimum Gasteiger partial charge on any atom is -0.334 e. The summed E-state index contributed by atoms with van der Waals surface area (Å²) in [7, 11) is 0. The summed E-state index contributed by atoms with van der Waals surface area (Å²) in [6, 6.07) is 7.52. The molecule has 0 aromatic heterocycles. The Kier molecular flexibility index (Phi) is 4.90. The Bertz CT molecular complexity index is 300. The molecule has 0 radical (unpaired) electrons. The van der Waals surface area contributed by atoms with Gasteiger partial charge in [-0.25, -0.2) is 0 Å². The molecule has 0 saturated heterocycles. The zero-order valence-electron chi connectivity index (χ0n) is 6.92. The molecule has 5 heteroatoms. The van der Waals surface area contributed by atoms with Crippen LogP contribution in [0.4, 0.5) is 5.69 Å². The fourth-order valence-electron chi connectivity index (χ4n) is 0.763. The topological polar surface area (TPSA) is 24.4 Å². The second kappa shape index (κ2) is 5.72. The Hall–Kier alpha value is 0.0600. The van der Waals surface area contributed by atoms with E-state index in [0.717, 1.165) is 15.9 Å². The highest BCUT2D eigenvalue weighted by atomic mass is 127. The van der Waals surface area contributed by atoms with Crippen LogP contribution in [0, 0.1) is 0 Å². The third kappa shape index (κ3) is 3.74. The molecular weight excluding hydrogens is 319 g/mol. The van der Waals surface area contributed by atoms with E-state index in [-0.39, 0.29) is 0 Å². The van der Waals surface area contributed by atoms with E-state index in [1.165, 1.54) is 0 Å². The van der Waals surface area contributed by atoms with Gasteiger partial charge in [-0.3, -0.25) is 0 Å². The van der Waals surface area contributed by atoms with Gasteiger partial charge >= 0.3 is 0 Å². The fraction of sp³-hybridized carbons (Fsp3) is 0.125. The Morgan fingerprint density at radius 1 is 1.46 bits per heavy atom. The molecular formula is C8H8ClIN2S. The van der Waals surface area contributed by atoms with Gasteiger partial charge < -0.3 is 5.32 Å². The van der Waals surface area contributed by atoms with E-state index in [2.05, 4.69) is 8.52 Å². The molecule has 0 atom stereocenters. The smallest absolute Gasteiger partial charge is 0.171 e. The van der Waals surface area contributed by atoms with Crippen molar-refractivity contribution in [3.05, 3.63) is 29.3 Å². The normalized spacial score (nSPS) is 11.5. The highest BCUT2D eigenvalue weighted by Gasteiger charge is 1.96. The highest BCUT2D eigenvalue weighted by Crippen LogP contribution is 2.15. The number of amidine groups is 1. The molecule has 0 heterocycles. The van der Waals surface area contributed by atoms with Crippen LogP contribution in [0.15, 0.2) is 27.5 Å². The van der Waals surface area contributed by atoms with E-state index in [1.807, 2.05) is 53.4 Å². The number of anilines is 1. The van der Waals surface area contributed by atoms with Crippen molar-refractivity contribution >= 4 is 57.1 Å². The first kappa shape index (κ1) is 11.1. The van der Waals surface area contributed by atoms with Gasteiger partial charge in [0.2, 0.25) is 0 Å². The van der Waals surface area contributed by atoms with Gasteiger partial charge in [0.1, 0.15) is 0 Å². The Labute approximate surface area is 101 Å². The predicted octanol–water partition coefficient (Wildman–Crippen LogP) is 3.82. The Morgan fingerprint density at radius 3 is 2.54 bits per heavy atom. The maximum absolute atomic E-state index is 5.75. The van der Waals surface area contributed by atoms with E-state index >= 15 is 0 Å². The average molecular weight is 327 g/mol. The lowest BCUT2D eigenvalue weighted by Gasteiger charge is -2.05. The van der Waals surface area contributed by atoms with Crippen LogP contribution < -0.4 is 5.32 Å². The van der Waals surface area contributed by atoms with Gasteiger partial charge in [0.25, 0.3) is 0 Å². The number of rotatable bonds is 1. The van der Waals surface area contributed by atoms with E-state index in [1.54, 1.807) is 11.8 Å². The first-order chi connectivity index (χ1) is 6.26. The fourth-order valence-corrected chi connectivity index (χ4v) is 1.89. The quantitative estimate of drug-likeness (QED) is 0.482. The molecule has 0 aliphatic rings. The van der Waals surface area contributed by atoms with Crippen LogP contribution in [0.2, 0.25) is 5.02 Å². The summed E-state index contributed by atoms with van der Waals surface area (Å²) >= 11 is 9.28. The minimum absolute atomic E-state index is 0.739. The largest absolute Gasteiger partial charge is 0.334 e. The second-order valence-electron chi connectivity index (χ2n) is 2.23. The summed E-state index contributed by atoms with van der Waals surface area (Å²) in [4.78, 5) is 0. The Morgan fingerprint density at radius 2 is 2.08 bits per heavy atom. The maximum Gasteiger partial charge on any atom is 0.171 e. The van der Waals surface area contributed by atoms with Gasteiger partial charge in [0, 0.05) is 10.7 Å². The summed E-state index contributed by atoms with van der Waals surface area (Å²) in [6.45, 7) is 0. The second-order valence-corrected chi connectivity index (χ2v) is 3.94. The third-order valence-electron chi connectivity index (χ3n) is 1.37. The van der Waals surface area contributed by atoms with E-state index in [0.29, 0.717) is 0 Å². The van der Waals surface area contributed by atoms with Crippen LogP contribution in [0.1, 0.15) is 0 Å². The zero-order chi connectivity index (χ0) is 9.68. The standard InChI is InChI=1S/C8H8ClIN2S/c1-13-8(12-10)11-7-4-2-6(9)3-5-7/h2-5H,1H3,(H,11,12). The monoisotopic (exact) mass is 326 g/mol. The van der Waals surface area contributed by atoms with Crippen LogP contribution in [0.5, 0.6) is 0 Å². The van der Waals surface area contributed by atoms with Crippen LogP contribution in [0.3, 0.4) is 0 Å². The molecule has 2 nitrogen and oxygen atoms in total. The van der Waals surface area contributed by atoms with Gasteiger partial charge in [0.05, 0.1) is 22.9 Å². The number of benzene rings is 1. The van der Waals surface area contributed by atoms with Crippen molar-refractivity contribution in [2.75, 3.05) is 11.6 Å². The third-order valence-corrected chi connectivity index (χ3v) is 3.01. The number of nitrogens with zero attached hydrogens (tertiary/aromatic N) is 1. The van der Waals surface area contributed by atoms with Crippen molar-refractivity contribution in [1.82, 2.24) is 0 Å². The van der Waals surface area contributed by atoms with Crippen LogP contribution in [0.25, 0.3) is 0 Å². The summed E-state index contributed by atoms with van der Waals surface area (Å²) in [5.74, 6) is 0. The van der Waals surface area contributed by atoms with Gasteiger partial charge in [-0.05, 0) is 30.5 Å². The molecule has 0 spiro atoms. The number of hydrogen-bond donors (Lipinski definition) is 1. The van der Waals surface area contributed by atoms with Gasteiger partial charge in [-0.1, -0.05) is 23.4 Å². The molecule has 0 saturated carbocycles. The lowest BCUT2D eigenvalue weighted by Crippen LogP contribution is -2.05. The van der Waals surface area contributed by atoms with Crippen LogP contribution >= 0.6 is 46.2 Å². The molecule has 70 valence electrons. The van der Waals surface area contributed by atoms with Crippen molar-refractivity contribution in [2.45, 2.75) is 0 Å². The van der Waals surface area contributed by atoms with E-state index < -0.39 is 0 Å². The van der Waals surface area contributed by atoms with Gasteiger partial charge in [-0.15, -0.1) is 0 Å². The van der Waals surface area contributed by atoms with Crippen LogP contribution in [-0.2, 0) is 0 Å². The zero-order valence-corrected chi connectivity index (χ0v) is 10.7. The van der Waals surface area contributed by atoms with E-state index in [9.17, 15) is 0 Å². The highest BCUT2D eigenvalue weighted by molar-refractivity contribution is 14.1. The van der Waals surface area contributed by atoms with Crippen molar-refractivity contribution in [2.24, 2.45) is 3.21 Å². The van der Waals surface area contributed by atoms with Gasteiger partial charge in [0.15, 0.2) is 5.17 Å². The van der Waals surface area contributed by atoms with Crippen molar-refractivity contribution in [3.8, 4) is 0 Å². The first-order valence-corrected chi connectivity index (χ1v) is 6.08. The maximum atomic E-state index is 5.75. The molecule has 1 N–H and O–H groups in total. The number of thioether (sulfide) groups is 1. The Balaban J connectivity index is 2.69. The van der Waals surface area contributed by atoms with Crippen LogP contribution in [-0.4, -0.2) is 11.4 Å². The molecule has 1 aromatic carbocycles. The molecule has 13 heavy (non-hydrogen) atoms. The van der Waals surface area contributed by atoms with E-state index in [4.69, 9.17) is 11.6 Å².